The van der Waals surface area contributed by atoms with Crippen LogP contribution in [0.5, 0.6) is 0 Å². The average molecular weight is 291 g/mol. The van der Waals surface area contributed by atoms with E-state index >= 15 is 0 Å². The SMILES string of the molecule is CC(C)=C(C)c1ccc(-c2ccc(C(N)=C(C)C)cc2)cc1. The molecule has 2 N–H and O–H groups in total. The monoisotopic (exact) mass is 291 g/mol. The average Bonchev–Trinajstić information content (AvgIpc) is 2.53. The number of hydrogen-bond donors (Lipinski definition) is 1. The minimum atomic E-state index is 0.862. The lowest BCUT2D eigenvalue weighted by Gasteiger charge is -2.08. The third kappa shape index (κ3) is 3.48. The first-order chi connectivity index (χ1) is 10.4. The molecule has 0 heterocycles. The lowest BCUT2D eigenvalue weighted by atomic mass is 9.98. The van der Waals surface area contributed by atoms with Gasteiger partial charge in [-0.05, 0) is 62.4 Å². The second-order valence-corrected chi connectivity index (χ2v) is 6.19. The molecular formula is C21H25N. The van der Waals surface area contributed by atoms with Crippen LogP contribution in [-0.2, 0) is 0 Å². The molecule has 1 heteroatoms. The van der Waals surface area contributed by atoms with Gasteiger partial charge in [0.1, 0.15) is 0 Å². The van der Waals surface area contributed by atoms with E-state index in [1.54, 1.807) is 0 Å². The first-order valence-electron chi connectivity index (χ1n) is 7.68. The minimum absolute atomic E-state index is 0.862. The number of hydrogen-bond acceptors (Lipinski definition) is 1. The maximum Gasteiger partial charge on any atom is 0.0373 e. The van der Waals surface area contributed by atoms with Gasteiger partial charge in [0.05, 0.1) is 0 Å². The summed E-state index contributed by atoms with van der Waals surface area (Å²) in [5, 5.41) is 0. The maximum absolute atomic E-state index is 6.08. The quantitative estimate of drug-likeness (QED) is 0.751. The highest BCUT2D eigenvalue weighted by Gasteiger charge is 2.03. The first kappa shape index (κ1) is 16.1. The van der Waals surface area contributed by atoms with Crippen molar-refractivity contribution in [2.45, 2.75) is 34.6 Å². The molecule has 0 aliphatic rings. The Morgan fingerprint density at radius 3 is 1.36 bits per heavy atom. The summed E-state index contributed by atoms with van der Waals surface area (Å²) in [7, 11) is 0. The van der Waals surface area contributed by atoms with Crippen molar-refractivity contribution in [3.8, 4) is 11.1 Å². The molecule has 0 spiro atoms. The molecule has 0 unspecified atom stereocenters. The van der Waals surface area contributed by atoms with Crippen LogP contribution in [0.25, 0.3) is 22.4 Å². The van der Waals surface area contributed by atoms with Gasteiger partial charge in [0.25, 0.3) is 0 Å². The predicted molar refractivity (Wildman–Crippen MR) is 98.3 cm³/mol. The second kappa shape index (κ2) is 6.65. The van der Waals surface area contributed by atoms with E-state index in [4.69, 9.17) is 5.73 Å². The molecule has 114 valence electrons. The molecule has 1 nitrogen and oxygen atoms in total. The summed E-state index contributed by atoms with van der Waals surface area (Å²) >= 11 is 0. The fourth-order valence-corrected chi connectivity index (χ4v) is 2.33. The summed E-state index contributed by atoms with van der Waals surface area (Å²) in [5.74, 6) is 0. The molecule has 0 saturated heterocycles. The summed E-state index contributed by atoms with van der Waals surface area (Å²) < 4.78 is 0. The largest absolute Gasteiger partial charge is 0.398 e. The molecule has 2 aromatic carbocycles. The molecule has 0 amide bonds. The van der Waals surface area contributed by atoms with Crippen molar-refractivity contribution in [2.24, 2.45) is 5.73 Å². The summed E-state index contributed by atoms with van der Waals surface area (Å²) in [5.41, 5.74) is 15.6. The van der Waals surface area contributed by atoms with Gasteiger partial charge in [0.15, 0.2) is 0 Å². The van der Waals surface area contributed by atoms with Crippen LogP contribution in [0.2, 0.25) is 0 Å². The Balaban J connectivity index is 2.30. The van der Waals surface area contributed by atoms with Crippen molar-refractivity contribution in [1.29, 1.82) is 0 Å². The van der Waals surface area contributed by atoms with E-state index in [1.165, 1.54) is 27.8 Å². The fourth-order valence-electron chi connectivity index (χ4n) is 2.33. The molecule has 0 radical (unpaired) electrons. The summed E-state index contributed by atoms with van der Waals surface area (Å²) in [4.78, 5) is 0. The third-order valence-corrected chi connectivity index (χ3v) is 4.14. The van der Waals surface area contributed by atoms with Crippen LogP contribution in [0, 0.1) is 0 Å². The topological polar surface area (TPSA) is 26.0 Å². The molecule has 2 aromatic rings. The van der Waals surface area contributed by atoms with Gasteiger partial charge in [-0.25, -0.2) is 0 Å². The Bertz CT molecular complexity index is 640. The Morgan fingerprint density at radius 1 is 0.591 bits per heavy atom. The van der Waals surface area contributed by atoms with Crippen molar-refractivity contribution >= 4 is 11.3 Å². The van der Waals surface area contributed by atoms with Crippen LogP contribution in [0.1, 0.15) is 45.7 Å². The van der Waals surface area contributed by atoms with E-state index in [0.717, 1.165) is 16.8 Å². The van der Waals surface area contributed by atoms with Crippen LogP contribution < -0.4 is 5.73 Å². The molecule has 0 fully saturated rings. The highest BCUT2D eigenvalue weighted by molar-refractivity contribution is 5.73. The Morgan fingerprint density at radius 2 is 1.00 bits per heavy atom. The van der Waals surface area contributed by atoms with Gasteiger partial charge in [-0.3, -0.25) is 0 Å². The van der Waals surface area contributed by atoms with Crippen molar-refractivity contribution < 1.29 is 0 Å². The number of nitrogens with two attached hydrogens (primary N) is 1. The van der Waals surface area contributed by atoms with Gasteiger partial charge >= 0.3 is 0 Å². The first-order valence-corrected chi connectivity index (χ1v) is 7.68. The van der Waals surface area contributed by atoms with Gasteiger partial charge in [-0.1, -0.05) is 59.7 Å². The number of rotatable bonds is 3. The van der Waals surface area contributed by atoms with E-state index in [2.05, 4.69) is 69.3 Å². The predicted octanol–water partition coefficient (Wildman–Crippen LogP) is 5.88. The van der Waals surface area contributed by atoms with E-state index in [9.17, 15) is 0 Å². The molecule has 0 aliphatic heterocycles. The van der Waals surface area contributed by atoms with Gasteiger partial charge < -0.3 is 5.73 Å². The van der Waals surface area contributed by atoms with Crippen LogP contribution in [0.15, 0.2) is 59.7 Å². The zero-order valence-corrected chi connectivity index (χ0v) is 14.2. The molecule has 2 rings (SSSR count). The normalized spacial score (nSPS) is 10.2. The number of allylic oxidation sites excluding steroid dienone is 3. The third-order valence-electron chi connectivity index (χ3n) is 4.14. The highest BCUT2D eigenvalue weighted by Crippen LogP contribution is 2.25. The second-order valence-electron chi connectivity index (χ2n) is 6.19. The zero-order chi connectivity index (χ0) is 16.3. The minimum Gasteiger partial charge on any atom is -0.398 e. The summed E-state index contributed by atoms with van der Waals surface area (Å²) in [6.07, 6.45) is 0. The van der Waals surface area contributed by atoms with Crippen LogP contribution >= 0.6 is 0 Å². The van der Waals surface area contributed by atoms with Crippen molar-refractivity contribution in [3.05, 3.63) is 70.8 Å². The maximum atomic E-state index is 6.08. The molecule has 0 saturated carbocycles. The van der Waals surface area contributed by atoms with Crippen molar-refractivity contribution in [1.82, 2.24) is 0 Å². The summed E-state index contributed by atoms with van der Waals surface area (Å²) in [6, 6.07) is 17.2. The van der Waals surface area contributed by atoms with Crippen LogP contribution in [0.3, 0.4) is 0 Å². The lowest BCUT2D eigenvalue weighted by molar-refractivity contribution is 1.34. The van der Waals surface area contributed by atoms with Crippen LogP contribution in [-0.4, -0.2) is 0 Å². The van der Waals surface area contributed by atoms with E-state index in [-0.39, 0.29) is 0 Å². The van der Waals surface area contributed by atoms with Crippen molar-refractivity contribution in [2.75, 3.05) is 0 Å². The molecule has 0 aromatic heterocycles. The summed E-state index contributed by atoms with van der Waals surface area (Å²) in [6.45, 7) is 10.5. The molecule has 0 atom stereocenters. The standard InChI is InChI=1S/C21H25N/c1-14(2)16(5)17-6-8-18(9-7-17)19-10-12-20(13-11-19)21(22)15(3)4/h6-13H,22H2,1-5H3. The number of benzene rings is 2. The Labute approximate surface area is 134 Å². The Kier molecular flexibility index (Phi) is 4.87. The zero-order valence-electron chi connectivity index (χ0n) is 14.2. The fraction of sp³-hybridized carbons (Fsp3) is 0.238. The van der Waals surface area contributed by atoms with Gasteiger partial charge in [0, 0.05) is 5.70 Å². The molecule has 0 bridgehead atoms. The smallest absolute Gasteiger partial charge is 0.0373 e. The molecule has 22 heavy (non-hydrogen) atoms. The van der Waals surface area contributed by atoms with Gasteiger partial charge in [-0.15, -0.1) is 0 Å². The van der Waals surface area contributed by atoms with Gasteiger partial charge in [0.2, 0.25) is 0 Å². The lowest BCUT2D eigenvalue weighted by Crippen LogP contribution is -1.98. The highest BCUT2D eigenvalue weighted by atomic mass is 14.6. The Hall–Kier alpha value is -2.28. The van der Waals surface area contributed by atoms with Gasteiger partial charge in [-0.2, -0.15) is 0 Å². The molecule has 0 aliphatic carbocycles. The van der Waals surface area contributed by atoms with E-state index in [1.807, 2.05) is 13.8 Å². The van der Waals surface area contributed by atoms with Crippen molar-refractivity contribution in [3.63, 3.8) is 0 Å². The van der Waals surface area contributed by atoms with Crippen LogP contribution in [0.4, 0.5) is 0 Å². The van der Waals surface area contributed by atoms with E-state index < -0.39 is 0 Å². The van der Waals surface area contributed by atoms with E-state index in [0.29, 0.717) is 0 Å². The molecular weight excluding hydrogens is 266 g/mol.